The summed E-state index contributed by atoms with van der Waals surface area (Å²) in [6.45, 7) is 7.01. The topological polar surface area (TPSA) is 8.17 Å². The van der Waals surface area contributed by atoms with Gasteiger partial charge >= 0.3 is 0 Å². The lowest BCUT2D eigenvalue weighted by Crippen LogP contribution is -2.14. The number of aromatic nitrogens is 1. The van der Waals surface area contributed by atoms with E-state index in [0.717, 1.165) is 23.5 Å². The van der Waals surface area contributed by atoms with Gasteiger partial charge in [-0.15, -0.1) is 0 Å². The third kappa shape index (κ3) is 6.78. The maximum atomic E-state index is 2.47. The molecule has 0 radical (unpaired) electrons. The van der Waals surface area contributed by atoms with Crippen molar-refractivity contribution in [1.29, 1.82) is 0 Å². The number of hydrogen-bond donors (Lipinski definition) is 0. The van der Waals surface area contributed by atoms with Gasteiger partial charge < -0.3 is 9.47 Å². The van der Waals surface area contributed by atoms with Gasteiger partial charge in [-0.05, 0) is 139 Å². The van der Waals surface area contributed by atoms with Crippen LogP contribution in [-0.4, -0.2) is 4.57 Å². The highest BCUT2D eigenvalue weighted by Gasteiger charge is 2.36. The molecule has 10 aromatic carbocycles. The second-order valence-electron chi connectivity index (χ2n) is 19.7. The Morgan fingerprint density at radius 3 is 1.83 bits per heavy atom. The molecule has 0 saturated carbocycles. The lowest BCUT2D eigenvalue weighted by atomic mass is 9.82. The minimum atomic E-state index is -0.0649. The van der Waals surface area contributed by atoms with Crippen LogP contribution in [0.15, 0.2) is 243 Å². The number of rotatable bonds is 8. The molecule has 1 aromatic heterocycles. The molecule has 1 heterocycles. The maximum absolute atomic E-state index is 2.47. The molecule has 70 heavy (non-hydrogen) atoms. The maximum Gasteiger partial charge on any atom is 0.0540 e. The molecule has 13 rings (SSSR count). The first-order valence-electron chi connectivity index (χ1n) is 24.7. The molecule has 11 aromatic rings. The number of hydrogen-bond acceptors (Lipinski definition) is 1. The molecule has 0 spiro atoms. The lowest BCUT2D eigenvalue weighted by Gasteiger charge is -2.29. The molecule has 1 atom stereocenters. The summed E-state index contributed by atoms with van der Waals surface area (Å²) in [6, 6.07) is 83.3. The van der Waals surface area contributed by atoms with Gasteiger partial charge in [0.05, 0.1) is 16.7 Å². The van der Waals surface area contributed by atoms with Crippen LogP contribution < -0.4 is 4.90 Å². The summed E-state index contributed by atoms with van der Waals surface area (Å²) in [7, 11) is 0. The summed E-state index contributed by atoms with van der Waals surface area (Å²) in [5, 5.41) is 5.02. The first-order valence-corrected chi connectivity index (χ1v) is 24.7. The van der Waals surface area contributed by atoms with E-state index in [2.05, 4.69) is 273 Å². The molecule has 0 aliphatic heterocycles. The second-order valence-corrected chi connectivity index (χ2v) is 19.7. The fraction of sp³-hybridized carbons (Fsp3) is 0.0882. The van der Waals surface area contributed by atoms with Gasteiger partial charge in [0.15, 0.2) is 0 Å². The van der Waals surface area contributed by atoms with Crippen molar-refractivity contribution in [3.63, 3.8) is 0 Å². The van der Waals surface area contributed by atoms with Crippen molar-refractivity contribution in [3.8, 4) is 55.6 Å². The third-order valence-electron chi connectivity index (χ3n) is 15.1. The average Bonchev–Trinajstić information content (AvgIpc) is 3.87. The lowest BCUT2D eigenvalue weighted by molar-refractivity contribution is 0.660. The Labute approximate surface area is 410 Å². The molecule has 0 N–H and O–H groups in total. The third-order valence-corrected chi connectivity index (χ3v) is 15.1. The molecule has 0 fully saturated rings. The Bertz CT molecular complexity index is 3880. The monoisotopic (exact) mass is 896 g/mol. The molecule has 2 nitrogen and oxygen atoms in total. The Morgan fingerprint density at radius 1 is 0.457 bits per heavy atom. The minimum absolute atomic E-state index is 0.0649. The van der Waals surface area contributed by atoms with Crippen LogP contribution >= 0.6 is 0 Å². The minimum Gasteiger partial charge on any atom is -0.313 e. The normalized spacial score (nSPS) is 14.7. The summed E-state index contributed by atoms with van der Waals surface area (Å²) in [5.74, 6) is 0.507. The first kappa shape index (κ1) is 41.7. The predicted octanol–water partition coefficient (Wildman–Crippen LogP) is 18.8. The summed E-state index contributed by atoms with van der Waals surface area (Å²) in [6.07, 6.45) is 7.82. The first-order chi connectivity index (χ1) is 34.4. The number of benzene rings is 10. The van der Waals surface area contributed by atoms with Crippen LogP contribution in [0.4, 0.5) is 17.1 Å². The van der Waals surface area contributed by atoms with E-state index < -0.39 is 0 Å². The fourth-order valence-electron chi connectivity index (χ4n) is 11.8. The van der Waals surface area contributed by atoms with Crippen molar-refractivity contribution in [2.24, 2.45) is 5.92 Å². The van der Waals surface area contributed by atoms with Gasteiger partial charge in [0.25, 0.3) is 0 Å². The average molecular weight is 897 g/mol. The molecule has 1 unspecified atom stereocenters. The van der Waals surface area contributed by atoms with Crippen molar-refractivity contribution >= 4 is 55.3 Å². The Morgan fingerprint density at radius 2 is 1.04 bits per heavy atom. The van der Waals surface area contributed by atoms with Crippen LogP contribution in [0, 0.1) is 5.92 Å². The number of nitrogens with zero attached hydrogens (tertiary/aromatic N) is 2. The van der Waals surface area contributed by atoms with Gasteiger partial charge in [-0.2, -0.15) is 0 Å². The van der Waals surface area contributed by atoms with Gasteiger partial charge in [-0.25, -0.2) is 0 Å². The van der Waals surface area contributed by atoms with E-state index in [1.165, 1.54) is 105 Å². The van der Waals surface area contributed by atoms with E-state index in [0.29, 0.717) is 5.92 Å². The Hall–Kier alpha value is -8.46. The van der Waals surface area contributed by atoms with Crippen LogP contribution in [0.2, 0.25) is 0 Å². The molecule has 0 bridgehead atoms. The zero-order valence-corrected chi connectivity index (χ0v) is 39.8. The van der Waals surface area contributed by atoms with E-state index in [9.17, 15) is 0 Å². The summed E-state index contributed by atoms with van der Waals surface area (Å²) in [4.78, 5) is 2.45. The highest BCUT2D eigenvalue weighted by atomic mass is 15.1. The highest BCUT2D eigenvalue weighted by Crippen LogP contribution is 2.53. The van der Waals surface area contributed by atoms with Crippen LogP contribution in [-0.2, 0) is 5.41 Å². The highest BCUT2D eigenvalue weighted by molar-refractivity contribution is 6.12. The van der Waals surface area contributed by atoms with Crippen molar-refractivity contribution in [2.75, 3.05) is 4.90 Å². The molecular weight excluding hydrogens is 845 g/mol. The smallest absolute Gasteiger partial charge is 0.0540 e. The van der Waals surface area contributed by atoms with Gasteiger partial charge in [-0.1, -0.05) is 209 Å². The van der Waals surface area contributed by atoms with Crippen LogP contribution in [0.5, 0.6) is 0 Å². The van der Waals surface area contributed by atoms with Crippen LogP contribution in [0.1, 0.15) is 38.3 Å². The zero-order chi connectivity index (χ0) is 46.9. The van der Waals surface area contributed by atoms with Gasteiger partial charge in [0.1, 0.15) is 0 Å². The zero-order valence-electron chi connectivity index (χ0n) is 39.8. The molecule has 2 heteroatoms. The van der Waals surface area contributed by atoms with Crippen molar-refractivity contribution in [1.82, 2.24) is 4.57 Å². The SMILES string of the molecule is CC1C=CC=C(n2c3ccccc3c3cc(-c4ccc(N(c5ccc(-c6cccc7c6-c6ccccc6C7(C)C)cc5)c5ccccc5-c5cccc6cccc(-c7ccccc7)c56)cc4)ccc32)C1. The van der Waals surface area contributed by atoms with Gasteiger partial charge in [0, 0.05) is 38.8 Å². The fourth-order valence-corrected chi connectivity index (χ4v) is 11.8. The van der Waals surface area contributed by atoms with Gasteiger partial charge in [0.2, 0.25) is 0 Å². The van der Waals surface area contributed by atoms with Crippen molar-refractivity contribution < 1.29 is 0 Å². The van der Waals surface area contributed by atoms with E-state index in [-0.39, 0.29) is 5.41 Å². The summed E-state index contributed by atoms with van der Waals surface area (Å²) < 4.78 is 2.47. The Balaban J connectivity index is 0.954. The standard InChI is InChI=1S/C68H52N2/c1-45-17-13-22-53(43-45)70-64-32-12-9-24-57(64)60-44-50(37-42-65(60)70)46-33-38-51(39-34-46)69(52-40-35-48(36-41-52)55-27-16-30-62-67(55)59-25-7-10-29-61(59)68(62,2)3)63-31-11-8-23-56(63)58-28-15-21-49-20-14-26-54(66(49)58)47-18-5-4-6-19-47/h4-42,44-45H,43H2,1-3H3. The van der Waals surface area contributed by atoms with Gasteiger partial charge in [-0.3, -0.25) is 0 Å². The molecule has 0 saturated heterocycles. The van der Waals surface area contributed by atoms with Crippen LogP contribution in [0.3, 0.4) is 0 Å². The number of fused-ring (bicyclic) bond motifs is 7. The molecule has 2 aliphatic rings. The number of allylic oxidation sites excluding steroid dienone is 4. The van der Waals surface area contributed by atoms with E-state index in [1.54, 1.807) is 0 Å². The van der Waals surface area contributed by atoms with Crippen molar-refractivity contribution in [2.45, 2.75) is 32.6 Å². The summed E-state index contributed by atoms with van der Waals surface area (Å²) in [5.41, 5.74) is 22.2. The van der Waals surface area contributed by atoms with Crippen LogP contribution in [0.25, 0.3) is 93.9 Å². The quantitative estimate of drug-likeness (QED) is 0.148. The molecular formula is C68H52N2. The van der Waals surface area contributed by atoms with E-state index >= 15 is 0 Å². The largest absolute Gasteiger partial charge is 0.313 e. The number of para-hydroxylation sites is 2. The summed E-state index contributed by atoms with van der Waals surface area (Å²) >= 11 is 0. The van der Waals surface area contributed by atoms with Crippen molar-refractivity contribution in [3.05, 3.63) is 254 Å². The molecule has 334 valence electrons. The molecule has 0 amide bonds. The van der Waals surface area contributed by atoms with E-state index in [4.69, 9.17) is 0 Å². The Kier molecular flexibility index (Phi) is 9.92. The predicted molar refractivity (Wildman–Crippen MR) is 298 cm³/mol. The second kappa shape index (κ2) is 16.6. The number of anilines is 3. The van der Waals surface area contributed by atoms with E-state index in [1.807, 2.05) is 0 Å². The molecule has 2 aliphatic carbocycles.